The van der Waals surface area contributed by atoms with Crippen molar-refractivity contribution in [1.29, 1.82) is 0 Å². The van der Waals surface area contributed by atoms with Gasteiger partial charge in [-0.15, -0.1) is 0 Å². The van der Waals surface area contributed by atoms with E-state index >= 15 is 0 Å². The molecule has 0 spiro atoms. The van der Waals surface area contributed by atoms with Crippen molar-refractivity contribution < 1.29 is 9.43 Å². The maximum atomic E-state index is 6.20. The number of nitrogens with zero attached hydrogens (tertiary/aromatic N) is 2. The lowest BCUT2D eigenvalue weighted by atomic mass is 9.97. The number of hydrogen-bond donors (Lipinski definition) is 0. The molecule has 1 aliphatic heterocycles. The molecule has 0 bridgehead atoms. The summed E-state index contributed by atoms with van der Waals surface area (Å²) in [4.78, 5) is 0. The van der Waals surface area contributed by atoms with Crippen molar-refractivity contribution in [3.63, 3.8) is 0 Å². The molecule has 0 fully saturated rings. The highest BCUT2D eigenvalue weighted by Crippen LogP contribution is 2.44. The van der Waals surface area contributed by atoms with Gasteiger partial charge in [-0.3, -0.25) is 0 Å². The lowest BCUT2D eigenvalue weighted by Gasteiger charge is -2.17. The van der Waals surface area contributed by atoms with Gasteiger partial charge >= 0.3 is 6.73 Å². The van der Waals surface area contributed by atoms with Gasteiger partial charge in [0, 0.05) is 22.8 Å². The van der Waals surface area contributed by atoms with Gasteiger partial charge in [-0.2, -0.15) is 0 Å². The fourth-order valence-electron chi connectivity index (χ4n) is 3.49. The molecule has 1 aliphatic rings. The Balaban J connectivity index is 1.71. The van der Waals surface area contributed by atoms with Crippen LogP contribution in [0.1, 0.15) is 0 Å². The molecule has 3 nitrogen and oxygen atoms in total. The number of benzene rings is 4. The molecule has 3 heteroatoms. The summed E-state index contributed by atoms with van der Waals surface area (Å²) in [6.45, 7) is 0.390. The minimum Gasteiger partial charge on any atom is -0.431 e. The van der Waals surface area contributed by atoms with Crippen LogP contribution in [0.15, 0.2) is 108 Å². The number of para-hydroxylation sites is 1. The molecule has 28 heavy (non-hydrogen) atoms. The highest BCUT2D eigenvalue weighted by Gasteiger charge is 2.25. The van der Waals surface area contributed by atoms with Crippen LogP contribution in [0, 0.1) is 0 Å². The number of ether oxygens (including phenoxy) is 1. The molecule has 134 valence electrons. The second-order valence-electron chi connectivity index (χ2n) is 6.71. The molecule has 0 saturated heterocycles. The van der Waals surface area contributed by atoms with Gasteiger partial charge in [0.05, 0.1) is 0 Å². The van der Waals surface area contributed by atoms with Crippen LogP contribution in [-0.2, 0) is 0 Å². The Morgan fingerprint density at radius 3 is 1.93 bits per heavy atom. The number of fused-ring (bicyclic) bond motifs is 1. The average molecular weight is 363 g/mol. The molecule has 0 saturated carbocycles. The Bertz CT molecular complexity index is 1140. The molecule has 5 rings (SSSR count). The van der Waals surface area contributed by atoms with Gasteiger partial charge < -0.3 is 4.74 Å². The Labute approximate surface area is 164 Å². The third kappa shape index (κ3) is 3.08. The Kier molecular flexibility index (Phi) is 4.19. The van der Waals surface area contributed by atoms with E-state index in [2.05, 4.69) is 48.5 Å². The van der Waals surface area contributed by atoms with Crippen LogP contribution in [0.2, 0.25) is 0 Å². The van der Waals surface area contributed by atoms with E-state index in [-0.39, 0.29) is 0 Å². The van der Waals surface area contributed by atoms with Crippen molar-refractivity contribution in [3.8, 4) is 28.0 Å². The third-order valence-corrected chi connectivity index (χ3v) is 4.88. The zero-order valence-corrected chi connectivity index (χ0v) is 15.3. The van der Waals surface area contributed by atoms with Gasteiger partial charge in [-0.05, 0) is 33.5 Å². The zero-order chi connectivity index (χ0) is 18.8. The number of rotatable bonds is 3. The minimum atomic E-state index is 0.390. The van der Waals surface area contributed by atoms with Gasteiger partial charge in [0.2, 0.25) is 5.69 Å². The molecule has 4 aromatic rings. The first-order chi connectivity index (χ1) is 13.9. The fraction of sp³-hybridized carbons (Fsp3) is 0.0400. The van der Waals surface area contributed by atoms with E-state index in [0.29, 0.717) is 6.73 Å². The smallest absolute Gasteiger partial charge is 0.317 e. The SMILES string of the molecule is c1ccc(-c2cc3c(c(-c4ccccc4)c2)OC[N+](c2ccccc2)=N3)cc1. The summed E-state index contributed by atoms with van der Waals surface area (Å²) in [6.07, 6.45) is 0. The van der Waals surface area contributed by atoms with Crippen LogP contribution in [0.4, 0.5) is 11.4 Å². The van der Waals surface area contributed by atoms with Crippen molar-refractivity contribution in [1.82, 2.24) is 0 Å². The van der Waals surface area contributed by atoms with Crippen LogP contribution in [0.3, 0.4) is 0 Å². The highest BCUT2D eigenvalue weighted by molar-refractivity contribution is 5.83. The van der Waals surface area contributed by atoms with Crippen LogP contribution in [0.5, 0.6) is 5.75 Å². The molecule has 4 aromatic carbocycles. The van der Waals surface area contributed by atoms with Crippen molar-refractivity contribution in [3.05, 3.63) is 103 Å². The van der Waals surface area contributed by atoms with Crippen LogP contribution in [0.25, 0.3) is 22.3 Å². The quantitative estimate of drug-likeness (QED) is 0.367. The lowest BCUT2D eigenvalue weighted by molar-refractivity contribution is -0.544. The van der Waals surface area contributed by atoms with E-state index < -0.39 is 0 Å². The summed E-state index contributed by atoms with van der Waals surface area (Å²) in [6, 6.07) is 35.1. The Morgan fingerprint density at radius 1 is 0.643 bits per heavy atom. The van der Waals surface area contributed by atoms with Crippen LogP contribution in [-0.4, -0.2) is 11.4 Å². The molecular weight excluding hydrogens is 344 g/mol. The van der Waals surface area contributed by atoms with E-state index in [1.54, 1.807) is 0 Å². The molecule has 0 aromatic heterocycles. The zero-order valence-electron chi connectivity index (χ0n) is 15.3. The van der Waals surface area contributed by atoms with E-state index in [9.17, 15) is 0 Å². The summed E-state index contributed by atoms with van der Waals surface area (Å²) >= 11 is 0. The number of hydrogen-bond acceptors (Lipinski definition) is 2. The molecule has 1 heterocycles. The average Bonchev–Trinajstić information content (AvgIpc) is 2.79. The van der Waals surface area contributed by atoms with Gasteiger partial charge in [0.25, 0.3) is 0 Å². The van der Waals surface area contributed by atoms with Gasteiger partial charge in [0.1, 0.15) is 0 Å². The summed E-state index contributed by atoms with van der Waals surface area (Å²) in [5.74, 6) is 0.832. The maximum Gasteiger partial charge on any atom is 0.317 e. The van der Waals surface area contributed by atoms with Crippen molar-refractivity contribution in [2.45, 2.75) is 0 Å². The van der Waals surface area contributed by atoms with Gasteiger partial charge in [-0.1, -0.05) is 78.9 Å². The molecule has 0 unspecified atom stereocenters. The first-order valence-corrected chi connectivity index (χ1v) is 9.34. The monoisotopic (exact) mass is 363 g/mol. The largest absolute Gasteiger partial charge is 0.431 e. The second kappa shape index (κ2) is 7.12. The van der Waals surface area contributed by atoms with Crippen molar-refractivity contribution >= 4 is 11.4 Å². The van der Waals surface area contributed by atoms with Gasteiger partial charge in [0.15, 0.2) is 11.4 Å². The van der Waals surface area contributed by atoms with Gasteiger partial charge in [-0.25, -0.2) is 0 Å². The summed E-state index contributed by atoms with van der Waals surface area (Å²) in [5.41, 5.74) is 6.33. The second-order valence-corrected chi connectivity index (χ2v) is 6.71. The molecule has 0 atom stereocenters. The van der Waals surface area contributed by atoms with E-state index in [1.807, 2.05) is 59.3 Å². The Morgan fingerprint density at radius 2 is 1.25 bits per heavy atom. The van der Waals surface area contributed by atoms with Crippen molar-refractivity contribution in [2.75, 3.05) is 6.73 Å². The highest BCUT2D eigenvalue weighted by atomic mass is 16.5. The minimum absolute atomic E-state index is 0.390. The van der Waals surface area contributed by atoms with Crippen LogP contribution >= 0.6 is 0 Å². The fourth-order valence-corrected chi connectivity index (χ4v) is 3.49. The topological polar surface area (TPSA) is 24.6 Å². The van der Waals surface area contributed by atoms with E-state index in [0.717, 1.165) is 39.4 Å². The molecule has 0 aliphatic carbocycles. The predicted octanol–water partition coefficient (Wildman–Crippen LogP) is 6.80. The summed E-state index contributed by atoms with van der Waals surface area (Å²) < 4.78 is 8.09. The predicted molar refractivity (Wildman–Crippen MR) is 111 cm³/mol. The normalized spacial score (nSPS) is 12.6. The number of azo groups is 2. The molecule has 0 N–H and O–H groups in total. The molecular formula is C25H19N2O+. The molecule has 0 radical (unpaired) electrons. The lowest BCUT2D eigenvalue weighted by Crippen LogP contribution is -2.15. The summed E-state index contributed by atoms with van der Waals surface area (Å²) in [7, 11) is 0. The first kappa shape index (κ1) is 16.5. The van der Waals surface area contributed by atoms with Crippen LogP contribution < -0.4 is 4.74 Å². The van der Waals surface area contributed by atoms with E-state index in [1.165, 1.54) is 0 Å². The Hall–Kier alpha value is -3.72. The first-order valence-electron chi connectivity index (χ1n) is 9.34. The molecule has 0 amide bonds. The maximum absolute atomic E-state index is 6.20. The van der Waals surface area contributed by atoms with Crippen molar-refractivity contribution in [2.24, 2.45) is 5.11 Å². The standard InChI is InChI=1S/C25H19N2O/c1-4-10-19(11-5-1)21-16-23(20-12-6-2-7-13-20)25-24(17-21)26-27(18-28-25)22-14-8-3-9-15-22/h1-17H,18H2/q+1. The van der Waals surface area contributed by atoms with E-state index in [4.69, 9.17) is 9.85 Å². The third-order valence-electron chi connectivity index (χ3n) is 4.88. The summed E-state index contributed by atoms with van der Waals surface area (Å²) in [5, 5.41) is 4.90.